The molecular weight excluding hydrogens is 196 g/mol. The van der Waals surface area contributed by atoms with E-state index in [1.54, 1.807) is 0 Å². The van der Waals surface area contributed by atoms with Gasteiger partial charge in [0.15, 0.2) is 0 Å². The highest BCUT2D eigenvalue weighted by molar-refractivity contribution is 6.30. The van der Waals surface area contributed by atoms with Gasteiger partial charge in [0.1, 0.15) is 11.6 Å². The van der Waals surface area contributed by atoms with Crippen molar-refractivity contribution in [2.75, 3.05) is 0 Å². The molecule has 0 aliphatic heterocycles. The number of hydrogen-bond acceptors (Lipinski definition) is 1. The second-order valence-corrected chi connectivity index (χ2v) is 3.70. The normalized spacial score (nSPS) is 26.2. The number of nitrogens with two attached hydrogens (primary N) is 1. The second kappa shape index (κ2) is 2.93. The van der Waals surface area contributed by atoms with E-state index in [1.807, 2.05) is 0 Å². The maximum absolute atomic E-state index is 13.2. The summed E-state index contributed by atoms with van der Waals surface area (Å²) in [6, 6.07) is 2.10. The molecule has 0 bridgehead atoms. The van der Waals surface area contributed by atoms with Crippen molar-refractivity contribution >= 4 is 11.6 Å². The molecule has 1 saturated carbocycles. The quantitative estimate of drug-likeness (QED) is 0.697. The molecule has 0 aromatic heterocycles. The zero-order chi connectivity index (χ0) is 9.59. The summed E-state index contributed by atoms with van der Waals surface area (Å²) in [6.45, 7) is 0. The van der Waals surface area contributed by atoms with Crippen LogP contribution in [0.3, 0.4) is 0 Å². The van der Waals surface area contributed by atoms with Crippen LogP contribution in [-0.4, -0.2) is 6.04 Å². The summed E-state index contributed by atoms with van der Waals surface area (Å²) in [5.74, 6) is -1.09. The molecule has 1 aromatic rings. The fraction of sp³-hybridized carbons (Fsp3) is 0.333. The Balaban J connectivity index is 2.41. The molecule has 1 aliphatic rings. The van der Waals surface area contributed by atoms with Gasteiger partial charge in [-0.2, -0.15) is 0 Å². The summed E-state index contributed by atoms with van der Waals surface area (Å²) in [5.41, 5.74) is 5.88. The monoisotopic (exact) mass is 203 g/mol. The van der Waals surface area contributed by atoms with E-state index in [9.17, 15) is 8.78 Å². The van der Waals surface area contributed by atoms with Gasteiger partial charge in [0.2, 0.25) is 0 Å². The number of rotatable bonds is 1. The van der Waals surface area contributed by atoms with Crippen LogP contribution in [0.15, 0.2) is 12.1 Å². The van der Waals surface area contributed by atoms with Gasteiger partial charge in [-0.15, -0.1) is 0 Å². The van der Waals surface area contributed by atoms with Gasteiger partial charge >= 0.3 is 0 Å². The predicted molar refractivity (Wildman–Crippen MR) is 46.7 cm³/mol. The first-order chi connectivity index (χ1) is 6.09. The SMILES string of the molecule is NC1CC1c1cc(F)c(Cl)cc1F. The number of halogens is 3. The Hall–Kier alpha value is -0.670. The maximum atomic E-state index is 13.2. The third-order valence-corrected chi connectivity index (χ3v) is 2.57. The molecule has 1 aliphatic carbocycles. The van der Waals surface area contributed by atoms with Crippen LogP contribution in [0.1, 0.15) is 17.9 Å². The zero-order valence-corrected chi connectivity index (χ0v) is 7.48. The third-order valence-electron chi connectivity index (χ3n) is 2.28. The van der Waals surface area contributed by atoms with E-state index in [0.717, 1.165) is 18.6 Å². The number of hydrogen-bond donors (Lipinski definition) is 1. The topological polar surface area (TPSA) is 26.0 Å². The van der Waals surface area contributed by atoms with Crippen molar-refractivity contribution in [3.8, 4) is 0 Å². The van der Waals surface area contributed by atoms with Crippen molar-refractivity contribution in [1.29, 1.82) is 0 Å². The highest BCUT2D eigenvalue weighted by Crippen LogP contribution is 2.41. The van der Waals surface area contributed by atoms with Crippen LogP contribution in [0.4, 0.5) is 8.78 Å². The zero-order valence-electron chi connectivity index (χ0n) is 6.73. The lowest BCUT2D eigenvalue weighted by Crippen LogP contribution is -2.02. The minimum Gasteiger partial charge on any atom is -0.327 e. The lowest BCUT2D eigenvalue weighted by molar-refractivity contribution is 0.585. The Morgan fingerprint density at radius 1 is 1.31 bits per heavy atom. The molecule has 0 heterocycles. The fourth-order valence-electron chi connectivity index (χ4n) is 1.39. The fourth-order valence-corrected chi connectivity index (χ4v) is 1.54. The van der Waals surface area contributed by atoms with Gasteiger partial charge in [0.25, 0.3) is 0 Å². The Labute approximate surface area is 79.5 Å². The first kappa shape index (κ1) is 8.91. The van der Waals surface area contributed by atoms with Gasteiger partial charge in [0, 0.05) is 12.0 Å². The van der Waals surface area contributed by atoms with Crippen LogP contribution in [-0.2, 0) is 0 Å². The molecule has 2 N–H and O–H groups in total. The first-order valence-corrected chi connectivity index (χ1v) is 4.37. The van der Waals surface area contributed by atoms with Crippen LogP contribution >= 0.6 is 11.6 Å². The molecule has 2 atom stereocenters. The highest BCUT2D eigenvalue weighted by atomic mass is 35.5. The van der Waals surface area contributed by atoms with E-state index in [0.29, 0.717) is 5.56 Å². The molecular formula is C9H8ClF2N. The van der Waals surface area contributed by atoms with Crippen molar-refractivity contribution < 1.29 is 8.78 Å². The van der Waals surface area contributed by atoms with Crippen molar-refractivity contribution in [3.05, 3.63) is 34.4 Å². The van der Waals surface area contributed by atoms with Crippen LogP contribution in [0, 0.1) is 11.6 Å². The summed E-state index contributed by atoms with van der Waals surface area (Å²) in [7, 11) is 0. The van der Waals surface area contributed by atoms with Gasteiger partial charge < -0.3 is 5.73 Å². The summed E-state index contributed by atoms with van der Waals surface area (Å²) in [5, 5.41) is -0.185. The van der Waals surface area contributed by atoms with Gasteiger partial charge in [-0.1, -0.05) is 11.6 Å². The molecule has 1 nitrogen and oxygen atoms in total. The molecule has 0 spiro atoms. The Morgan fingerprint density at radius 2 is 1.92 bits per heavy atom. The van der Waals surface area contributed by atoms with Crippen molar-refractivity contribution in [3.63, 3.8) is 0 Å². The van der Waals surface area contributed by atoms with Crippen molar-refractivity contribution in [2.24, 2.45) is 5.73 Å². The lowest BCUT2D eigenvalue weighted by atomic mass is 10.1. The summed E-state index contributed by atoms with van der Waals surface area (Å²) in [6.07, 6.45) is 0.720. The predicted octanol–water partition coefficient (Wildman–Crippen LogP) is 2.43. The van der Waals surface area contributed by atoms with Crippen molar-refractivity contribution in [1.82, 2.24) is 0 Å². The average molecular weight is 204 g/mol. The maximum Gasteiger partial charge on any atom is 0.142 e. The van der Waals surface area contributed by atoms with E-state index in [1.165, 1.54) is 0 Å². The lowest BCUT2D eigenvalue weighted by Gasteiger charge is -2.02. The van der Waals surface area contributed by atoms with E-state index in [-0.39, 0.29) is 17.0 Å². The average Bonchev–Trinajstić information content (AvgIpc) is 2.75. The van der Waals surface area contributed by atoms with Crippen LogP contribution in [0.25, 0.3) is 0 Å². The Kier molecular flexibility index (Phi) is 2.00. The van der Waals surface area contributed by atoms with Crippen LogP contribution in [0.5, 0.6) is 0 Å². The molecule has 4 heteroatoms. The van der Waals surface area contributed by atoms with Gasteiger partial charge in [-0.25, -0.2) is 8.78 Å². The third kappa shape index (κ3) is 1.54. The summed E-state index contributed by atoms with van der Waals surface area (Å²) < 4.78 is 26.1. The van der Waals surface area contributed by atoms with Crippen LogP contribution < -0.4 is 5.73 Å². The molecule has 0 amide bonds. The molecule has 1 aromatic carbocycles. The van der Waals surface area contributed by atoms with E-state index in [2.05, 4.69) is 0 Å². The molecule has 0 saturated heterocycles. The second-order valence-electron chi connectivity index (χ2n) is 3.29. The Bertz CT molecular complexity index is 354. The standard InChI is InChI=1S/C9H8ClF2N/c10-6-3-7(11)4(1-8(6)12)5-2-9(5)13/h1,3,5,9H,2,13H2. The first-order valence-electron chi connectivity index (χ1n) is 3.99. The Morgan fingerprint density at radius 3 is 2.46 bits per heavy atom. The number of benzene rings is 1. The van der Waals surface area contributed by atoms with Crippen molar-refractivity contribution in [2.45, 2.75) is 18.4 Å². The molecule has 2 rings (SSSR count). The smallest absolute Gasteiger partial charge is 0.142 e. The molecule has 70 valence electrons. The van der Waals surface area contributed by atoms with Gasteiger partial charge in [0.05, 0.1) is 5.02 Å². The summed E-state index contributed by atoms with van der Waals surface area (Å²) >= 11 is 5.40. The van der Waals surface area contributed by atoms with Gasteiger partial charge in [-0.3, -0.25) is 0 Å². The highest BCUT2D eigenvalue weighted by Gasteiger charge is 2.37. The molecule has 0 radical (unpaired) electrons. The van der Waals surface area contributed by atoms with E-state index < -0.39 is 11.6 Å². The minimum absolute atomic E-state index is 0.0323. The molecule has 2 unspecified atom stereocenters. The van der Waals surface area contributed by atoms with E-state index >= 15 is 0 Å². The minimum atomic E-state index is -0.586. The van der Waals surface area contributed by atoms with Gasteiger partial charge in [-0.05, 0) is 24.1 Å². The molecule has 13 heavy (non-hydrogen) atoms. The summed E-state index contributed by atoms with van der Waals surface area (Å²) in [4.78, 5) is 0. The van der Waals surface area contributed by atoms with E-state index in [4.69, 9.17) is 17.3 Å². The molecule has 1 fully saturated rings. The largest absolute Gasteiger partial charge is 0.327 e. The van der Waals surface area contributed by atoms with Crippen LogP contribution in [0.2, 0.25) is 5.02 Å².